The van der Waals surface area contributed by atoms with Crippen LogP contribution in [-0.4, -0.2) is 23.6 Å². The van der Waals surface area contributed by atoms with Crippen molar-refractivity contribution in [1.29, 1.82) is 0 Å². The van der Waals surface area contributed by atoms with Gasteiger partial charge in [0.05, 0.1) is 5.56 Å². The second-order valence-corrected chi connectivity index (χ2v) is 3.52. The molecule has 4 heteroatoms. The summed E-state index contributed by atoms with van der Waals surface area (Å²) in [6.07, 6.45) is 3.59. The van der Waals surface area contributed by atoms with Gasteiger partial charge in [-0.3, -0.25) is 0 Å². The van der Waals surface area contributed by atoms with Gasteiger partial charge in [-0.25, -0.2) is 4.98 Å². The number of hydrogen-bond acceptors (Lipinski definition) is 4. The molecule has 0 amide bonds. The van der Waals surface area contributed by atoms with E-state index in [1.165, 1.54) is 0 Å². The molecule has 1 aromatic rings. The Bertz CT molecular complexity index is 364. The van der Waals surface area contributed by atoms with Crippen LogP contribution in [0.1, 0.15) is 24.7 Å². The fourth-order valence-corrected chi connectivity index (χ4v) is 1.40. The van der Waals surface area contributed by atoms with Crippen LogP contribution in [0, 0.1) is 6.92 Å². The van der Waals surface area contributed by atoms with Crippen LogP contribution in [0.15, 0.2) is 12.7 Å². The van der Waals surface area contributed by atoms with Gasteiger partial charge in [0.2, 0.25) is 5.88 Å². The van der Waals surface area contributed by atoms with E-state index < -0.39 is 0 Å². The fraction of sp³-hybridized carbons (Fsp3) is 0.500. The van der Waals surface area contributed by atoms with Crippen molar-refractivity contribution in [2.24, 2.45) is 0 Å². The highest BCUT2D eigenvalue weighted by Gasteiger charge is 2.10. The van der Waals surface area contributed by atoms with Crippen LogP contribution in [0.5, 0.6) is 5.88 Å². The van der Waals surface area contributed by atoms with Gasteiger partial charge in [-0.05, 0) is 13.3 Å². The average Bonchev–Trinajstić information content (AvgIpc) is 2.29. The summed E-state index contributed by atoms with van der Waals surface area (Å²) < 4.78 is 5.51. The topological polar surface area (TPSA) is 47.0 Å². The maximum Gasteiger partial charge on any atom is 0.222 e. The van der Waals surface area contributed by atoms with Gasteiger partial charge in [0.15, 0.2) is 0 Å². The molecular weight excluding hydrogens is 202 g/mol. The Labute approximate surface area is 96.8 Å². The summed E-state index contributed by atoms with van der Waals surface area (Å²) in [6.45, 7) is 8.14. The summed E-state index contributed by atoms with van der Waals surface area (Å²) in [4.78, 5) is 8.81. The zero-order valence-corrected chi connectivity index (χ0v) is 10.2. The quantitative estimate of drug-likeness (QED) is 0.749. The van der Waals surface area contributed by atoms with Crippen LogP contribution in [0.2, 0.25) is 0 Å². The first-order valence-corrected chi connectivity index (χ1v) is 5.51. The van der Waals surface area contributed by atoms with E-state index in [9.17, 15) is 0 Å². The van der Waals surface area contributed by atoms with Gasteiger partial charge in [-0.15, -0.1) is 0 Å². The predicted octanol–water partition coefficient (Wildman–Crippen LogP) is 2.34. The fourth-order valence-electron chi connectivity index (χ4n) is 1.40. The highest BCUT2D eigenvalue weighted by molar-refractivity contribution is 5.48. The third kappa shape index (κ3) is 2.95. The summed E-state index contributed by atoms with van der Waals surface area (Å²) >= 11 is 0. The Balaban J connectivity index is 3.02. The van der Waals surface area contributed by atoms with Crippen molar-refractivity contribution >= 4 is 5.82 Å². The van der Waals surface area contributed by atoms with Gasteiger partial charge in [-0.2, -0.15) is 4.98 Å². The van der Waals surface area contributed by atoms with Gasteiger partial charge in [0.25, 0.3) is 0 Å². The molecule has 0 radical (unpaired) electrons. The number of anilines is 1. The average molecular weight is 221 g/mol. The van der Waals surface area contributed by atoms with Crippen molar-refractivity contribution in [3.05, 3.63) is 24.0 Å². The molecule has 0 aliphatic rings. The van der Waals surface area contributed by atoms with E-state index in [4.69, 9.17) is 4.74 Å². The van der Waals surface area contributed by atoms with Crippen molar-refractivity contribution in [2.75, 3.05) is 19.0 Å². The van der Waals surface area contributed by atoms with E-state index in [1.54, 1.807) is 6.08 Å². The molecule has 1 rings (SSSR count). The largest absolute Gasteiger partial charge is 0.473 e. The Morgan fingerprint density at radius 1 is 1.44 bits per heavy atom. The molecule has 0 spiro atoms. The first kappa shape index (κ1) is 12.5. The summed E-state index contributed by atoms with van der Waals surface area (Å²) in [5.74, 6) is 2.29. The lowest BCUT2D eigenvalue weighted by atomic mass is 10.3. The molecule has 1 heterocycles. The first-order valence-electron chi connectivity index (χ1n) is 5.51. The smallest absolute Gasteiger partial charge is 0.222 e. The van der Waals surface area contributed by atoms with Crippen LogP contribution in [0.4, 0.5) is 5.82 Å². The molecule has 0 aromatic carbocycles. The van der Waals surface area contributed by atoms with Gasteiger partial charge in [0, 0.05) is 13.5 Å². The lowest BCUT2D eigenvalue weighted by molar-refractivity contribution is 0.344. The standard InChI is InChI=1S/C12H19N3O/c1-5-7-10-14-11(13-4)9(3)12(15-10)16-8-6-2/h6H,2,5,7-8H2,1,3-4H3,(H,13,14,15). The van der Waals surface area contributed by atoms with E-state index in [2.05, 4.69) is 28.8 Å². The summed E-state index contributed by atoms with van der Waals surface area (Å²) in [5, 5.41) is 3.05. The van der Waals surface area contributed by atoms with Crippen molar-refractivity contribution < 1.29 is 4.74 Å². The van der Waals surface area contributed by atoms with E-state index >= 15 is 0 Å². The molecule has 0 atom stereocenters. The van der Waals surface area contributed by atoms with E-state index in [1.807, 2.05) is 14.0 Å². The lowest BCUT2D eigenvalue weighted by Gasteiger charge is -2.11. The van der Waals surface area contributed by atoms with Crippen molar-refractivity contribution in [3.8, 4) is 5.88 Å². The van der Waals surface area contributed by atoms with Gasteiger partial charge >= 0.3 is 0 Å². The van der Waals surface area contributed by atoms with Crippen LogP contribution < -0.4 is 10.1 Å². The third-order valence-electron chi connectivity index (χ3n) is 2.20. The minimum Gasteiger partial charge on any atom is -0.473 e. The molecule has 88 valence electrons. The molecule has 1 N–H and O–H groups in total. The van der Waals surface area contributed by atoms with E-state index in [0.29, 0.717) is 12.5 Å². The molecule has 1 aromatic heterocycles. The third-order valence-corrected chi connectivity index (χ3v) is 2.20. The molecule has 0 fully saturated rings. The molecule has 4 nitrogen and oxygen atoms in total. The van der Waals surface area contributed by atoms with E-state index in [0.717, 1.165) is 30.0 Å². The highest BCUT2D eigenvalue weighted by Crippen LogP contribution is 2.22. The van der Waals surface area contributed by atoms with Crippen LogP contribution >= 0.6 is 0 Å². The predicted molar refractivity (Wildman–Crippen MR) is 66.0 cm³/mol. The normalized spacial score (nSPS) is 9.94. The SMILES string of the molecule is C=CCOc1nc(CCC)nc(NC)c1C. The molecule has 16 heavy (non-hydrogen) atoms. The number of ether oxygens (including phenoxy) is 1. The monoisotopic (exact) mass is 221 g/mol. The molecule has 0 aliphatic carbocycles. The zero-order valence-electron chi connectivity index (χ0n) is 10.2. The summed E-state index contributed by atoms with van der Waals surface area (Å²) in [5.41, 5.74) is 0.934. The van der Waals surface area contributed by atoms with Crippen LogP contribution in [0.25, 0.3) is 0 Å². The first-order chi connectivity index (χ1) is 7.72. The van der Waals surface area contributed by atoms with E-state index in [-0.39, 0.29) is 0 Å². The second kappa shape index (κ2) is 6.10. The number of nitrogens with one attached hydrogen (secondary N) is 1. The van der Waals surface area contributed by atoms with Gasteiger partial charge < -0.3 is 10.1 Å². The summed E-state index contributed by atoms with van der Waals surface area (Å²) in [7, 11) is 1.85. The number of rotatable bonds is 6. The van der Waals surface area contributed by atoms with Crippen molar-refractivity contribution in [3.63, 3.8) is 0 Å². The van der Waals surface area contributed by atoms with Crippen LogP contribution in [0.3, 0.4) is 0 Å². The Morgan fingerprint density at radius 2 is 2.19 bits per heavy atom. The van der Waals surface area contributed by atoms with Crippen LogP contribution in [-0.2, 0) is 6.42 Å². The molecule has 0 unspecified atom stereocenters. The lowest BCUT2D eigenvalue weighted by Crippen LogP contribution is -2.07. The molecule has 0 bridgehead atoms. The maximum atomic E-state index is 5.51. The summed E-state index contributed by atoms with van der Waals surface area (Å²) in [6, 6.07) is 0. The Hall–Kier alpha value is -1.58. The molecular formula is C12H19N3O. The Kier molecular flexibility index (Phi) is 4.76. The van der Waals surface area contributed by atoms with Crippen molar-refractivity contribution in [2.45, 2.75) is 26.7 Å². The van der Waals surface area contributed by atoms with Crippen molar-refractivity contribution in [1.82, 2.24) is 9.97 Å². The molecule has 0 saturated carbocycles. The molecule has 0 aliphatic heterocycles. The molecule has 0 saturated heterocycles. The zero-order chi connectivity index (χ0) is 12.0. The highest BCUT2D eigenvalue weighted by atomic mass is 16.5. The minimum atomic E-state index is 0.465. The number of nitrogens with zero attached hydrogens (tertiary/aromatic N) is 2. The van der Waals surface area contributed by atoms with Gasteiger partial charge in [-0.1, -0.05) is 19.6 Å². The number of aryl methyl sites for hydroxylation is 1. The Morgan fingerprint density at radius 3 is 2.75 bits per heavy atom. The van der Waals surface area contributed by atoms with Gasteiger partial charge in [0.1, 0.15) is 18.2 Å². The second-order valence-electron chi connectivity index (χ2n) is 3.52. The maximum absolute atomic E-state index is 5.51. The minimum absolute atomic E-state index is 0.465. The number of aromatic nitrogens is 2. The number of hydrogen-bond donors (Lipinski definition) is 1.